The molecule has 4 rings (SSSR count). The van der Waals surface area contributed by atoms with Crippen LogP contribution in [0.1, 0.15) is 53.8 Å². The van der Waals surface area contributed by atoms with Crippen LogP contribution in [0.15, 0.2) is 29.2 Å². The van der Waals surface area contributed by atoms with Crippen LogP contribution < -0.4 is 16.2 Å². The summed E-state index contributed by atoms with van der Waals surface area (Å²) in [6.07, 6.45) is 6.52. The fraction of sp³-hybridized carbons (Fsp3) is 0.421. The van der Waals surface area contributed by atoms with E-state index in [9.17, 15) is 9.59 Å². The molecule has 1 saturated carbocycles. The summed E-state index contributed by atoms with van der Waals surface area (Å²) in [5, 5.41) is 6.31. The Morgan fingerprint density at radius 1 is 1.16 bits per heavy atom. The number of pyridine rings is 2. The first-order chi connectivity index (χ1) is 12.0. The number of rotatable bonds is 2. The van der Waals surface area contributed by atoms with Crippen LogP contribution in [0.2, 0.25) is 0 Å². The van der Waals surface area contributed by atoms with Crippen LogP contribution in [0.5, 0.6) is 0 Å². The minimum Gasteiger partial charge on any atom is -0.351 e. The van der Waals surface area contributed by atoms with Crippen LogP contribution in [0.25, 0.3) is 0 Å². The fourth-order valence-electron chi connectivity index (χ4n) is 4.11. The van der Waals surface area contributed by atoms with Crippen LogP contribution >= 0.6 is 0 Å². The zero-order valence-corrected chi connectivity index (χ0v) is 14.6. The van der Waals surface area contributed by atoms with Crippen molar-refractivity contribution in [1.29, 1.82) is 0 Å². The van der Waals surface area contributed by atoms with Crippen LogP contribution in [0, 0.1) is 13.8 Å². The molecule has 1 aliphatic heterocycles. The first-order valence-electron chi connectivity index (χ1n) is 8.79. The number of fused-ring (bicyclic) bond motifs is 2. The highest BCUT2D eigenvalue weighted by Crippen LogP contribution is 2.37. The van der Waals surface area contributed by atoms with E-state index < -0.39 is 5.66 Å². The Bertz CT molecular complexity index is 910. The van der Waals surface area contributed by atoms with Crippen LogP contribution in [-0.4, -0.2) is 15.5 Å². The summed E-state index contributed by atoms with van der Waals surface area (Å²) in [6.45, 7) is 3.79. The number of nitrogens with zero attached hydrogens (tertiary/aromatic N) is 2. The summed E-state index contributed by atoms with van der Waals surface area (Å²) in [5.41, 5.74) is 2.81. The zero-order chi connectivity index (χ0) is 17.6. The number of anilines is 2. The molecule has 1 amide bonds. The van der Waals surface area contributed by atoms with Gasteiger partial charge in [-0.15, -0.1) is 0 Å². The molecule has 2 aromatic heterocycles. The van der Waals surface area contributed by atoms with Gasteiger partial charge in [0.05, 0.1) is 0 Å². The molecule has 0 unspecified atom stereocenters. The third-order valence-electron chi connectivity index (χ3n) is 5.24. The fourth-order valence-corrected chi connectivity index (χ4v) is 4.11. The van der Waals surface area contributed by atoms with Gasteiger partial charge in [0.25, 0.3) is 11.5 Å². The number of carbonyl (C=O) groups excluding carboxylic acids is 1. The predicted octanol–water partition coefficient (Wildman–Crippen LogP) is 2.96. The number of amides is 1. The average Bonchev–Trinajstić information content (AvgIpc) is 2.85. The normalized spacial score (nSPS) is 18.1. The number of nitrogens with one attached hydrogen (secondary N) is 2. The van der Waals surface area contributed by atoms with Gasteiger partial charge < -0.3 is 10.6 Å². The lowest BCUT2D eigenvalue weighted by atomic mass is 9.89. The highest BCUT2D eigenvalue weighted by Gasteiger charge is 2.45. The summed E-state index contributed by atoms with van der Waals surface area (Å²) in [5.74, 6) is -0.136. The van der Waals surface area contributed by atoms with E-state index in [2.05, 4.69) is 15.6 Å². The minimum absolute atomic E-state index is 0.136. The third kappa shape index (κ3) is 2.52. The van der Waals surface area contributed by atoms with Gasteiger partial charge in [-0.2, -0.15) is 0 Å². The van der Waals surface area contributed by atoms with Gasteiger partial charge in [0, 0.05) is 17.6 Å². The van der Waals surface area contributed by atoms with Crippen molar-refractivity contribution in [2.24, 2.45) is 0 Å². The smallest absolute Gasteiger partial charge is 0.276 e. The molecule has 25 heavy (non-hydrogen) atoms. The van der Waals surface area contributed by atoms with Gasteiger partial charge in [0.2, 0.25) is 0 Å². The van der Waals surface area contributed by atoms with Crippen LogP contribution in [-0.2, 0) is 5.66 Å². The maximum Gasteiger partial charge on any atom is 0.276 e. The van der Waals surface area contributed by atoms with E-state index in [0.29, 0.717) is 11.4 Å². The number of carbonyl (C=O) groups is 1. The van der Waals surface area contributed by atoms with Crippen molar-refractivity contribution in [3.8, 4) is 0 Å². The molecule has 2 N–H and O–H groups in total. The molecule has 130 valence electrons. The van der Waals surface area contributed by atoms with E-state index >= 15 is 0 Å². The number of hydrogen-bond donors (Lipinski definition) is 2. The molecule has 2 aliphatic rings. The average molecular weight is 338 g/mol. The molecular formula is C19H22N4O2. The van der Waals surface area contributed by atoms with Crippen molar-refractivity contribution < 1.29 is 4.79 Å². The Morgan fingerprint density at radius 2 is 1.92 bits per heavy atom. The van der Waals surface area contributed by atoms with Gasteiger partial charge in [0.15, 0.2) is 0 Å². The summed E-state index contributed by atoms with van der Waals surface area (Å²) >= 11 is 0. The molecule has 0 bridgehead atoms. The quantitative estimate of drug-likeness (QED) is 0.883. The summed E-state index contributed by atoms with van der Waals surface area (Å²) in [7, 11) is 0. The van der Waals surface area contributed by atoms with Gasteiger partial charge in [-0.3, -0.25) is 19.1 Å². The van der Waals surface area contributed by atoms with E-state index in [4.69, 9.17) is 0 Å². The Labute approximate surface area is 146 Å². The summed E-state index contributed by atoms with van der Waals surface area (Å²) in [4.78, 5) is 29.9. The second kappa shape index (κ2) is 5.72. The first-order valence-corrected chi connectivity index (χ1v) is 8.79. The Hall–Kier alpha value is -2.63. The summed E-state index contributed by atoms with van der Waals surface area (Å²) < 4.78 is 1.71. The molecule has 1 fully saturated rings. The van der Waals surface area contributed by atoms with Crippen molar-refractivity contribution >= 4 is 17.3 Å². The number of aryl methyl sites for hydroxylation is 2. The van der Waals surface area contributed by atoms with Gasteiger partial charge >= 0.3 is 0 Å². The lowest BCUT2D eigenvalue weighted by Crippen LogP contribution is -2.48. The van der Waals surface area contributed by atoms with Crippen LogP contribution in [0.3, 0.4) is 0 Å². The van der Waals surface area contributed by atoms with Crippen molar-refractivity contribution in [3.63, 3.8) is 0 Å². The van der Waals surface area contributed by atoms with E-state index in [1.807, 2.05) is 26.0 Å². The minimum atomic E-state index is -0.557. The molecule has 1 spiro atoms. The highest BCUT2D eigenvalue weighted by atomic mass is 16.2. The van der Waals surface area contributed by atoms with E-state index in [0.717, 1.165) is 49.0 Å². The molecule has 1 aliphatic carbocycles. The number of hydrogen-bond acceptors (Lipinski definition) is 4. The Morgan fingerprint density at radius 3 is 2.64 bits per heavy atom. The van der Waals surface area contributed by atoms with Crippen LogP contribution in [0.4, 0.5) is 11.4 Å². The third-order valence-corrected chi connectivity index (χ3v) is 5.24. The molecule has 6 heteroatoms. The standard InChI is InChI=1S/C19H22N4O2/c1-12-10-15(21-14-6-9-20-13(2)11-14)18(25)23-16(12)17(24)22-19(23)7-4-3-5-8-19/h6,9-11H,3-5,7-8H2,1-2H3,(H,20,21)(H,22,24). The monoisotopic (exact) mass is 338 g/mol. The van der Waals surface area contributed by atoms with E-state index in [-0.39, 0.29) is 11.5 Å². The zero-order valence-electron chi connectivity index (χ0n) is 14.6. The molecule has 0 radical (unpaired) electrons. The largest absolute Gasteiger partial charge is 0.351 e. The van der Waals surface area contributed by atoms with Gasteiger partial charge in [0.1, 0.15) is 17.0 Å². The maximum absolute atomic E-state index is 13.2. The molecule has 0 aromatic carbocycles. The first kappa shape index (κ1) is 15.9. The van der Waals surface area contributed by atoms with Crippen molar-refractivity contribution in [1.82, 2.24) is 14.9 Å². The predicted molar refractivity (Wildman–Crippen MR) is 96.2 cm³/mol. The molecule has 3 heterocycles. The second-order valence-electron chi connectivity index (χ2n) is 7.09. The Kier molecular flexibility index (Phi) is 3.63. The van der Waals surface area contributed by atoms with Gasteiger partial charge in [-0.25, -0.2) is 0 Å². The topological polar surface area (TPSA) is 76.0 Å². The molecule has 0 saturated heterocycles. The molecule has 0 atom stereocenters. The second-order valence-corrected chi connectivity index (χ2v) is 7.09. The SMILES string of the molecule is Cc1cc(Nc2cc(C)c3n(c2=O)C2(CCCCC2)NC3=O)ccn1. The maximum atomic E-state index is 13.2. The molecular weight excluding hydrogens is 316 g/mol. The lowest BCUT2D eigenvalue weighted by molar-refractivity contribution is 0.0876. The van der Waals surface area contributed by atoms with Gasteiger partial charge in [-0.1, -0.05) is 6.42 Å². The van der Waals surface area contributed by atoms with Crippen molar-refractivity contribution in [2.75, 3.05) is 5.32 Å². The lowest BCUT2D eigenvalue weighted by Gasteiger charge is -2.35. The van der Waals surface area contributed by atoms with Crippen molar-refractivity contribution in [2.45, 2.75) is 51.6 Å². The number of aromatic nitrogens is 2. The highest BCUT2D eigenvalue weighted by molar-refractivity contribution is 5.97. The van der Waals surface area contributed by atoms with Crippen molar-refractivity contribution in [3.05, 3.63) is 51.7 Å². The van der Waals surface area contributed by atoms with Gasteiger partial charge in [-0.05, 0) is 63.3 Å². The molecule has 2 aromatic rings. The van der Waals surface area contributed by atoms with E-state index in [1.54, 1.807) is 16.8 Å². The Balaban J connectivity index is 1.84. The summed E-state index contributed by atoms with van der Waals surface area (Å²) in [6, 6.07) is 5.50. The molecule has 6 nitrogen and oxygen atoms in total. The van der Waals surface area contributed by atoms with E-state index in [1.165, 1.54) is 0 Å².